The molecule has 0 aliphatic rings. The van der Waals surface area contributed by atoms with Crippen LogP contribution in [0.3, 0.4) is 0 Å². The Morgan fingerprint density at radius 3 is 2.42 bits per heavy atom. The van der Waals surface area contributed by atoms with Gasteiger partial charge >= 0.3 is 5.97 Å². The minimum absolute atomic E-state index is 0.685. The Hall–Kier alpha value is -1.77. The summed E-state index contributed by atoms with van der Waals surface area (Å²) in [6.07, 6.45) is 2.78. The van der Waals surface area contributed by atoms with Gasteiger partial charge in [0.05, 0.1) is 6.08 Å². The fourth-order valence-electron chi connectivity index (χ4n) is 0.779. The van der Waals surface area contributed by atoms with Crippen LogP contribution < -0.4 is 5.73 Å². The van der Waals surface area contributed by atoms with Gasteiger partial charge in [-0.3, -0.25) is 0 Å². The van der Waals surface area contributed by atoms with Crippen molar-refractivity contribution in [3.05, 3.63) is 35.9 Å². The van der Waals surface area contributed by atoms with Gasteiger partial charge in [0, 0.05) is 10.5 Å². The van der Waals surface area contributed by atoms with Gasteiger partial charge in [-0.1, -0.05) is 12.1 Å². The third-order valence-electron chi connectivity index (χ3n) is 1.36. The molecule has 1 aromatic carbocycles. The number of anilines is 1. The summed E-state index contributed by atoms with van der Waals surface area (Å²) in [5, 5.41) is 6.62. The Morgan fingerprint density at radius 1 is 1.33 bits per heavy atom. The first-order valence-electron chi connectivity index (χ1n) is 3.47. The lowest BCUT2D eigenvalue weighted by molar-refractivity contribution is -0.131. The monoisotopic (exact) mass is 164 g/mol. The molecule has 0 bridgehead atoms. The highest BCUT2D eigenvalue weighted by Gasteiger charge is 1.95. The van der Waals surface area contributed by atoms with Gasteiger partial charge in [0.15, 0.2) is 0 Å². The van der Waals surface area contributed by atoms with Crippen molar-refractivity contribution in [1.29, 1.82) is 0 Å². The number of nitrogen functional groups attached to an aromatic ring is 1. The zero-order chi connectivity index (χ0) is 8.97. The van der Waals surface area contributed by atoms with Crippen LogP contribution in [0.15, 0.2) is 30.3 Å². The maximum absolute atomic E-state index is 10.2. The standard InChI is InChI=1S/C9H9NO2/c10-8-4-1-7(2-5-8)3-6-9(11)12/h1-6H,10H2,(H,11,12)/p+1. The number of hydrogen-bond acceptors (Lipinski definition) is 2. The molecule has 0 atom stereocenters. The van der Waals surface area contributed by atoms with Crippen molar-refractivity contribution in [2.45, 2.75) is 0 Å². The van der Waals surface area contributed by atoms with E-state index in [2.05, 4.69) is 0 Å². The Morgan fingerprint density at radius 2 is 1.92 bits per heavy atom. The lowest BCUT2D eigenvalue weighted by Gasteiger charge is -1.92. The molecule has 0 fully saturated rings. The Balaban J connectivity index is 2.77. The van der Waals surface area contributed by atoms with Gasteiger partial charge < -0.3 is 10.8 Å². The summed E-state index contributed by atoms with van der Waals surface area (Å²) in [6, 6.07) is 7.06. The predicted octanol–water partition coefficient (Wildman–Crippen LogP) is 0.533. The van der Waals surface area contributed by atoms with Gasteiger partial charge in [-0.2, -0.15) is 0 Å². The van der Waals surface area contributed by atoms with E-state index in [1.807, 2.05) is 0 Å². The smallest absolute Gasteiger partial charge is 0.541 e. The molecule has 12 heavy (non-hydrogen) atoms. The summed E-state index contributed by atoms with van der Waals surface area (Å²) in [5.74, 6) is -0.702. The van der Waals surface area contributed by atoms with Gasteiger partial charge in [0.1, 0.15) is 0 Å². The first-order valence-corrected chi connectivity index (χ1v) is 3.47. The number of rotatable bonds is 2. The molecule has 0 radical (unpaired) electrons. The zero-order valence-electron chi connectivity index (χ0n) is 6.45. The summed E-state index contributed by atoms with van der Waals surface area (Å²) in [4.78, 5) is 10.2. The van der Waals surface area contributed by atoms with Crippen LogP contribution in [0.2, 0.25) is 0 Å². The quantitative estimate of drug-likeness (QED) is 0.393. The van der Waals surface area contributed by atoms with Gasteiger partial charge in [-0.15, -0.1) is 0 Å². The molecule has 3 nitrogen and oxygen atoms in total. The maximum Gasteiger partial charge on any atom is 0.541 e. The van der Waals surface area contributed by atoms with Crippen molar-refractivity contribution in [3.63, 3.8) is 0 Å². The van der Waals surface area contributed by atoms with E-state index in [0.717, 1.165) is 5.56 Å². The number of carbonyl (C=O) groups is 1. The number of hydrogen-bond donors (Lipinski definition) is 1. The highest BCUT2D eigenvalue weighted by Crippen LogP contribution is 2.06. The molecule has 3 heteroatoms. The van der Waals surface area contributed by atoms with Crippen LogP contribution in [0.4, 0.5) is 5.69 Å². The predicted molar refractivity (Wildman–Crippen MR) is 48.5 cm³/mol. The van der Waals surface area contributed by atoms with Crippen LogP contribution in [0.5, 0.6) is 0 Å². The summed E-state index contributed by atoms with van der Waals surface area (Å²) >= 11 is 0. The first-order chi connectivity index (χ1) is 5.68. The average Bonchev–Trinajstić information content (AvgIpc) is 2.03. The van der Waals surface area contributed by atoms with E-state index in [0.29, 0.717) is 5.69 Å². The van der Waals surface area contributed by atoms with Crippen LogP contribution in [-0.2, 0) is 4.79 Å². The van der Waals surface area contributed by atoms with Crippen molar-refractivity contribution in [2.75, 3.05) is 5.73 Å². The van der Waals surface area contributed by atoms with Crippen LogP contribution in [0.1, 0.15) is 5.56 Å². The first kappa shape index (κ1) is 8.33. The highest BCUT2D eigenvalue weighted by atomic mass is 16.4. The van der Waals surface area contributed by atoms with E-state index in [1.165, 1.54) is 6.08 Å². The number of carbonyl (C=O) groups excluding carboxylic acids is 1. The summed E-state index contributed by atoms with van der Waals surface area (Å²) in [5.41, 5.74) is 7.00. The summed E-state index contributed by atoms with van der Waals surface area (Å²) < 4.78 is 0. The van der Waals surface area contributed by atoms with Gasteiger partial charge in [-0.05, 0) is 23.8 Å². The van der Waals surface area contributed by atoms with E-state index < -0.39 is 5.97 Å². The lowest BCUT2D eigenvalue weighted by atomic mass is 10.2. The molecule has 0 unspecified atom stereocenters. The molecule has 62 valence electrons. The van der Waals surface area contributed by atoms with Crippen molar-refractivity contribution in [2.24, 2.45) is 0 Å². The average molecular weight is 164 g/mol. The van der Waals surface area contributed by atoms with Crippen molar-refractivity contribution in [3.8, 4) is 0 Å². The molecule has 0 spiro atoms. The molecule has 0 aliphatic heterocycles. The van der Waals surface area contributed by atoms with Crippen molar-refractivity contribution in [1.82, 2.24) is 0 Å². The molecule has 0 heterocycles. The van der Waals surface area contributed by atoms with Crippen molar-refractivity contribution < 1.29 is 9.90 Å². The number of nitrogens with two attached hydrogens (primary N) is 1. The Kier molecular flexibility index (Phi) is 2.48. The second-order valence-corrected chi connectivity index (χ2v) is 2.36. The SMILES string of the molecule is Nc1ccc(C=CC(=O)[OH2+])cc1. The minimum atomic E-state index is -0.702. The fraction of sp³-hybridized carbons (Fsp3) is 0. The molecule has 1 aromatic rings. The highest BCUT2D eigenvalue weighted by molar-refractivity contribution is 5.85. The second-order valence-electron chi connectivity index (χ2n) is 2.36. The molecule has 0 saturated heterocycles. The van der Waals surface area contributed by atoms with Gasteiger partial charge in [0.25, 0.3) is 0 Å². The molecule has 0 amide bonds. The number of benzene rings is 1. The molecular weight excluding hydrogens is 154 g/mol. The molecule has 0 aliphatic carbocycles. The van der Waals surface area contributed by atoms with E-state index in [4.69, 9.17) is 10.8 Å². The molecule has 1 rings (SSSR count). The second kappa shape index (κ2) is 3.57. The lowest BCUT2D eigenvalue weighted by Crippen LogP contribution is -1.86. The van der Waals surface area contributed by atoms with Crippen LogP contribution in [-0.4, -0.2) is 11.1 Å². The van der Waals surface area contributed by atoms with E-state index in [1.54, 1.807) is 30.3 Å². The van der Waals surface area contributed by atoms with Gasteiger partial charge in [0.2, 0.25) is 0 Å². The molecule has 4 N–H and O–H groups in total. The summed E-state index contributed by atoms with van der Waals surface area (Å²) in [7, 11) is 0. The molecule has 0 saturated carbocycles. The Labute approximate surface area is 70.1 Å². The Bertz CT molecular complexity index is 301. The molecular formula is C9H10NO2+. The largest absolute Gasteiger partial charge is 0.561 e. The fourth-order valence-corrected chi connectivity index (χ4v) is 0.779. The van der Waals surface area contributed by atoms with E-state index in [9.17, 15) is 4.79 Å². The zero-order valence-corrected chi connectivity index (χ0v) is 6.45. The minimum Gasteiger partial charge on any atom is -0.561 e. The third-order valence-corrected chi connectivity index (χ3v) is 1.36. The van der Waals surface area contributed by atoms with Gasteiger partial charge in [-0.25, -0.2) is 0 Å². The van der Waals surface area contributed by atoms with Crippen molar-refractivity contribution >= 4 is 17.7 Å². The summed E-state index contributed by atoms with van der Waals surface area (Å²) in [6.45, 7) is 0. The topological polar surface area (TPSA) is 66.0 Å². The third kappa shape index (κ3) is 2.46. The van der Waals surface area contributed by atoms with Crippen LogP contribution in [0.25, 0.3) is 6.08 Å². The van der Waals surface area contributed by atoms with E-state index in [-0.39, 0.29) is 0 Å². The maximum atomic E-state index is 10.2. The van der Waals surface area contributed by atoms with Crippen LogP contribution >= 0.6 is 0 Å². The van der Waals surface area contributed by atoms with Crippen LogP contribution in [0, 0.1) is 0 Å². The normalized spacial score (nSPS) is 10.3. The van der Waals surface area contributed by atoms with E-state index >= 15 is 0 Å². The molecule has 0 aromatic heterocycles.